The van der Waals surface area contributed by atoms with Crippen molar-refractivity contribution in [1.29, 1.82) is 0 Å². The van der Waals surface area contributed by atoms with Crippen LogP contribution < -0.4 is 0 Å². The van der Waals surface area contributed by atoms with Crippen LogP contribution in [0.4, 0.5) is 0 Å². The fraction of sp³-hybridized carbons (Fsp3) is 0.933. The quantitative estimate of drug-likeness (QED) is 0.0683. The van der Waals surface area contributed by atoms with Crippen molar-refractivity contribution in [2.75, 3.05) is 17.3 Å². The lowest BCUT2D eigenvalue weighted by molar-refractivity contribution is -0.137. The highest BCUT2D eigenvalue weighted by Crippen LogP contribution is 2.29. The summed E-state index contributed by atoms with van der Waals surface area (Å²) in [6, 6.07) is 0. The van der Waals surface area contributed by atoms with Gasteiger partial charge in [0.05, 0.1) is 12.8 Å². The molecule has 0 saturated carbocycles. The molecule has 0 bridgehead atoms. The topological polar surface area (TPSA) is 74.6 Å². The maximum Gasteiger partial charge on any atom is 0.304 e. The summed E-state index contributed by atoms with van der Waals surface area (Å²) >= 11 is 0. The number of unbranched alkanes of at least 4 members (excludes halogenated alkanes) is 21. The Bertz CT molecular complexity index is 451. The molecule has 0 aliphatic carbocycles. The van der Waals surface area contributed by atoms with Crippen molar-refractivity contribution in [2.24, 2.45) is 0 Å². The molecule has 0 fully saturated rings. The van der Waals surface area contributed by atoms with E-state index in [0.717, 1.165) is 12.2 Å². The largest absolute Gasteiger partial charge is 0.481 e. The molecule has 0 heterocycles. The van der Waals surface area contributed by atoms with E-state index in [0.29, 0.717) is 11.5 Å². The van der Waals surface area contributed by atoms with Crippen molar-refractivity contribution < 1.29 is 19.8 Å². The third-order valence-corrected chi connectivity index (χ3v) is 9.77. The molecule has 0 spiro atoms. The number of thiol groups is 1. The molecule has 2 N–H and O–H groups in total. The highest BCUT2D eigenvalue weighted by molar-refractivity contribution is 8.17. The van der Waals surface area contributed by atoms with Crippen LogP contribution in [0.5, 0.6) is 0 Å². The van der Waals surface area contributed by atoms with Crippen LogP contribution in [-0.2, 0) is 9.59 Å². The van der Waals surface area contributed by atoms with Crippen molar-refractivity contribution in [3.05, 3.63) is 0 Å². The van der Waals surface area contributed by atoms with Crippen LogP contribution in [0, 0.1) is 0 Å². The maximum absolute atomic E-state index is 10.8. The highest BCUT2D eigenvalue weighted by Gasteiger charge is 2.09. The molecule has 0 aromatic rings. The molecular formula is C30H60O4S. The lowest BCUT2D eigenvalue weighted by Gasteiger charge is -2.19. The number of carboxylic acid groups (broad SMARTS) is 2. The predicted octanol–water partition coefficient (Wildman–Crippen LogP) is 9.54. The van der Waals surface area contributed by atoms with Gasteiger partial charge in [-0.25, -0.2) is 0 Å². The Balaban J connectivity index is 3.31. The van der Waals surface area contributed by atoms with Crippen molar-refractivity contribution in [3.8, 4) is 0 Å². The molecule has 0 rings (SSSR count). The molecule has 0 aliphatic heterocycles. The van der Waals surface area contributed by atoms with E-state index < -0.39 is 22.8 Å². The Labute approximate surface area is 220 Å². The Kier molecular flexibility index (Phi) is 27.3. The zero-order valence-corrected chi connectivity index (χ0v) is 24.1. The fourth-order valence-corrected chi connectivity index (χ4v) is 7.14. The average Bonchev–Trinajstić information content (AvgIpc) is 2.83. The van der Waals surface area contributed by atoms with Gasteiger partial charge in [-0.2, -0.15) is 0 Å². The number of carboxylic acids is 2. The number of carbonyl (C=O) groups is 2. The molecule has 0 atom stereocenters. The van der Waals surface area contributed by atoms with Gasteiger partial charge in [0.15, 0.2) is 0 Å². The minimum absolute atomic E-state index is 0.185. The molecule has 0 amide bonds. The van der Waals surface area contributed by atoms with Crippen molar-refractivity contribution in [2.45, 2.75) is 161 Å². The van der Waals surface area contributed by atoms with Crippen molar-refractivity contribution in [3.63, 3.8) is 0 Å². The second-order valence-corrected chi connectivity index (χ2v) is 13.2. The van der Waals surface area contributed by atoms with Gasteiger partial charge < -0.3 is 10.2 Å². The van der Waals surface area contributed by atoms with E-state index in [4.69, 9.17) is 10.2 Å². The third-order valence-electron chi connectivity index (χ3n) is 7.11. The summed E-state index contributed by atoms with van der Waals surface area (Å²) in [5.74, 6) is 0.868. The van der Waals surface area contributed by atoms with Crippen molar-refractivity contribution in [1.82, 2.24) is 0 Å². The molecule has 210 valence electrons. The van der Waals surface area contributed by atoms with Gasteiger partial charge in [0, 0.05) is 0 Å². The van der Waals surface area contributed by atoms with Crippen LogP contribution in [0.25, 0.3) is 0 Å². The summed E-state index contributed by atoms with van der Waals surface area (Å²) in [6.45, 7) is 2.29. The van der Waals surface area contributed by atoms with Gasteiger partial charge in [-0.1, -0.05) is 142 Å². The van der Waals surface area contributed by atoms with E-state index in [1.807, 2.05) is 0 Å². The van der Waals surface area contributed by atoms with Crippen molar-refractivity contribution >= 4 is 22.8 Å². The zero-order chi connectivity index (χ0) is 25.8. The molecule has 0 radical (unpaired) electrons. The summed E-state index contributed by atoms with van der Waals surface area (Å²) < 4.78 is 0. The molecular weight excluding hydrogens is 456 g/mol. The summed E-state index contributed by atoms with van der Waals surface area (Å²) in [5.41, 5.74) is 0. The molecule has 4 nitrogen and oxygen atoms in total. The maximum atomic E-state index is 10.8. The van der Waals surface area contributed by atoms with Gasteiger partial charge in [-0.3, -0.25) is 20.5 Å². The zero-order valence-electron chi connectivity index (χ0n) is 23.3. The average molecular weight is 517 g/mol. The first-order valence-corrected chi connectivity index (χ1v) is 17.1. The molecule has 0 aromatic carbocycles. The van der Waals surface area contributed by atoms with E-state index in [1.54, 1.807) is 0 Å². The Morgan fingerprint density at radius 3 is 0.943 bits per heavy atom. The fourth-order valence-electron chi connectivity index (χ4n) is 4.79. The van der Waals surface area contributed by atoms with E-state index in [1.165, 1.54) is 135 Å². The monoisotopic (exact) mass is 516 g/mol. The van der Waals surface area contributed by atoms with Crippen LogP contribution in [0.15, 0.2) is 0 Å². The minimum Gasteiger partial charge on any atom is -0.481 e. The van der Waals surface area contributed by atoms with Crippen LogP contribution in [0.3, 0.4) is 0 Å². The van der Waals surface area contributed by atoms with Crippen LogP contribution in [0.2, 0.25) is 0 Å². The molecule has 0 aromatic heterocycles. The second kappa shape index (κ2) is 27.9. The van der Waals surface area contributed by atoms with E-state index in [2.05, 4.69) is 6.92 Å². The van der Waals surface area contributed by atoms with Crippen LogP contribution in [-0.4, -0.2) is 39.4 Å². The molecule has 35 heavy (non-hydrogen) atoms. The highest BCUT2D eigenvalue weighted by atomic mass is 32.2. The molecule has 0 aliphatic rings. The van der Waals surface area contributed by atoms with E-state index in [9.17, 15) is 9.59 Å². The SMILES string of the molecule is CCCCCCCCCCCCCCCCCCCCCCCC[SH](CCC(=O)O)CCC(=O)O. The summed E-state index contributed by atoms with van der Waals surface area (Å²) in [7, 11) is -0.435. The standard InChI is InChI=1S/C30H60O4S/c1-2-3-4-5-6-7-8-9-10-11-12-13-14-15-16-17-18-19-20-21-22-23-26-35(27-24-29(31)32)28-25-30(33)34/h35H,2-28H2,1H3,(H,31,32)(H,33,34). The van der Waals surface area contributed by atoms with Gasteiger partial charge in [0.2, 0.25) is 0 Å². The van der Waals surface area contributed by atoms with Gasteiger partial charge in [0.25, 0.3) is 0 Å². The first-order chi connectivity index (χ1) is 17.1. The second-order valence-electron chi connectivity index (χ2n) is 10.6. The first-order valence-electron chi connectivity index (χ1n) is 15.2. The lowest BCUT2D eigenvalue weighted by Crippen LogP contribution is -2.08. The number of hydrogen-bond acceptors (Lipinski definition) is 2. The number of aliphatic carboxylic acids is 2. The first kappa shape index (κ1) is 34.3. The van der Waals surface area contributed by atoms with Gasteiger partial charge in [-0.15, -0.1) is 0 Å². The Hall–Kier alpha value is -0.710. The predicted molar refractivity (Wildman–Crippen MR) is 155 cm³/mol. The van der Waals surface area contributed by atoms with Gasteiger partial charge >= 0.3 is 11.9 Å². The number of hydrogen-bond donors (Lipinski definition) is 3. The minimum atomic E-state index is -0.762. The third kappa shape index (κ3) is 29.4. The van der Waals surface area contributed by atoms with E-state index >= 15 is 0 Å². The normalized spacial score (nSPS) is 11.6. The van der Waals surface area contributed by atoms with Gasteiger partial charge in [0.1, 0.15) is 0 Å². The summed E-state index contributed by atoms with van der Waals surface area (Å²) in [5, 5.41) is 17.8. The molecule has 0 saturated heterocycles. The summed E-state index contributed by atoms with van der Waals surface area (Å²) in [4.78, 5) is 21.6. The lowest BCUT2D eigenvalue weighted by atomic mass is 10.0. The smallest absolute Gasteiger partial charge is 0.304 e. The molecule has 5 heteroatoms. The van der Waals surface area contributed by atoms with Crippen LogP contribution >= 0.6 is 10.9 Å². The Morgan fingerprint density at radius 1 is 0.429 bits per heavy atom. The number of rotatable bonds is 29. The van der Waals surface area contributed by atoms with Crippen LogP contribution in [0.1, 0.15) is 161 Å². The molecule has 0 unspecified atom stereocenters. The Morgan fingerprint density at radius 2 is 0.686 bits per heavy atom. The van der Waals surface area contributed by atoms with E-state index in [-0.39, 0.29) is 12.8 Å². The summed E-state index contributed by atoms with van der Waals surface area (Å²) in [6.07, 6.45) is 30.8. The van der Waals surface area contributed by atoms with Gasteiger partial charge in [-0.05, 0) is 23.7 Å².